The van der Waals surface area contributed by atoms with E-state index in [1.54, 1.807) is 0 Å². The van der Waals surface area contributed by atoms with Crippen molar-refractivity contribution in [1.29, 1.82) is 0 Å². The van der Waals surface area contributed by atoms with E-state index in [9.17, 15) is 15.2 Å². The third kappa shape index (κ3) is 3.11. The molecule has 2 atom stereocenters. The highest BCUT2D eigenvalue weighted by Gasteiger charge is 2.26. The second-order valence-electron chi connectivity index (χ2n) is 4.58. The molecule has 0 aromatic carbocycles. The van der Waals surface area contributed by atoms with Gasteiger partial charge >= 0.3 is 5.69 Å². The molecule has 1 aliphatic rings. The smallest absolute Gasteiger partial charge is 0.311 e. The minimum Gasteiger partial charge on any atom is -0.481 e. The minimum absolute atomic E-state index is 0.112. The van der Waals surface area contributed by atoms with Gasteiger partial charge in [-0.05, 0) is 12.8 Å². The Balaban J connectivity index is 2.23. The van der Waals surface area contributed by atoms with Gasteiger partial charge in [0.15, 0.2) is 0 Å². The quantitative estimate of drug-likeness (QED) is 0.636. The first kappa shape index (κ1) is 13.5. The van der Waals surface area contributed by atoms with Crippen LogP contribution in [0.15, 0.2) is 12.1 Å². The lowest BCUT2D eigenvalue weighted by molar-refractivity contribution is -0.384. The van der Waals surface area contributed by atoms with Crippen molar-refractivity contribution >= 4 is 11.5 Å². The molecule has 0 saturated heterocycles. The monoisotopic (exact) mass is 267 g/mol. The second-order valence-corrected chi connectivity index (χ2v) is 4.58. The summed E-state index contributed by atoms with van der Waals surface area (Å²) in [5.74, 6) is 0.452. The van der Waals surface area contributed by atoms with Crippen molar-refractivity contribution in [2.75, 3.05) is 12.4 Å². The lowest BCUT2D eigenvalue weighted by atomic mass is 9.92. The first-order chi connectivity index (χ1) is 9.11. The number of pyridine rings is 1. The summed E-state index contributed by atoms with van der Waals surface area (Å²) >= 11 is 0. The van der Waals surface area contributed by atoms with Crippen molar-refractivity contribution in [2.45, 2.75) is 37.8 Å². The summed E-state index contributed by atoms with van der Waals surface area (Å²) in [6, 6.07) is 2.59. The van der Waals surface area contributed by atoms with Crippen molar-refractivity contribution in [3.8, 4) is 5.88 Å². The normalized spacial score (nSPS) is 22.8. The van der Waals surface area contributed by atoms with Crippen molar-refractivity contribution in [1.82, 2.24) is 4.98 Å². The maximum atomic E-state index is 11.0. The average Bonchev–Trinajstić information content (AvgIpc) is 2.41. The number of aromatic nitrogens is 1. The van der Waals surface area contributed by atoms with Gasteiger partial charge in [-0.15, -0.1) is 0 Å². The molecule has 104 valence electrons. The molecule has 7 nitrogen and oxygen atoms in total. The number of methoxy groups -OCH3 is 1. The van der Waals surface area contributed by atoms with Crippen LogP contribution in [0, 0.1) is 10.1 Å². The summed E-state index contributed by atoms with van der Waals surface area (Å²) in [5, 5.41) is 23.8. The van der Waals surface area contributed by atoms with E-state index in [1.807, 2.05) is 0 Å². The highest BCUT2D eigenvalue weighted by atomic mass is 16.6. The largest absolute Gasteiger partial charge is 0.481 e. The minimum atomic E-state index is -0.499. The molecule has 0 radical (unpaired) electrons. The molecule has 0 unspecified atom stereocenters. The van der Waals surface area contributed by atoms with E-state index in [1.165, 1.54) is 19.2 Å². The summed E-state index contributed by atoms with van der Waals surface area (Å²) < 4.78 is 4.97. The molecule has 1 fully saturated rings. The molecule has 7 heteroatoms. The van der Waals surface area contributed by atoms with Crippen LogP contribution in [0.2, 0.25) is 0 Å². The number of ether oxygens (including phenoxy) is 1. The highest BCUT2D eigenvalue weighted by molar-refractivity contribution is 5.57. The molecule has 2 N–H and O–H groups in total. The van der Waals surface area contributed by atoms with Crippen LogP contribution in [0.5, 0.6) is 5.88 Å². The molecule has 0 spiro atoms. The van der Waals surface area contributed by atoms with Crippen LogP contribution in [0.25, 0.3) is 0 Å². The fraction of sp³-hybridized carbons (Fsp3) is 0.583. The maximum absolute atomic E-state index is 11.0. The van der Waals surface area contributed by atoms with E-state index in [-0.39, 0.29) is 17.5 Å². The van der Waals surface area contributed by atoms with Crippen molar-refractivity contribution in [2.24, 2.45) is 0 Å². The fourth-order valence-electron chi connectivity index (χ4n) is 2.26. The molecule has 1 heterocycles. The van der Waals surface area contributed by atoms with Crippen LogP contribution in [-0.2, 0) is 0 Å². The van der Waals surface area contributed by atoms with Crippen LogP contribution in [0.4, 0.5) is 11.5 Å². The summed E-state index contributed by atoms with van der Waals surface area (Å²) in [7, 11) is 1.45. The van der Waals surface area contributed by atoms with E-state index in [0.29, 0.717) is 12.3 Å². The van der Waals surface area contributed by atoms with Gasteiger partial charge in [-0.3, -0.25) is 10.1 Å². The van der Waals surface area contributed by atoms with Gasteiger partial charge in [0.1, 0.15) is 0 Å². The SMILES string of the molecule is COc1ccc([N+](=O)[O-])c(N[C@H]2CCCC[C@@H]2O)n1. The molecule has 1 aromatic heterocycles. The Morgan fingerprint density at radius 1 is 1.47 bits per heavy atom. The molecule has 1 aromatic rings. The molecule has 1 saturated carbocycles. The van der Waals surface area contributed by atoms with Crippen molar-refractivity contribution in [3.63, 3.8) is 0 Å². The Kier molecular flexibility index (Phi) is 4.16. The number of nitrogens with one attached hydrogen (secondary N) is 1. The number of aliphatic hydroxyl groups is 1. The molecule has 0 bridgehead atoms. The third-order valence-corrected chi connectivity index (χ3v) is 3.31. The van der Waals surface area contributed by atoms with Gasteiger partial charge in [-0.25, -0.2) is 0 Å². The Bertz CT molecular complexity index is 466. The third-order valence-electron chi connectivity index (χ3n) is 3.31. The Hall–Kier alpha value is -1.89. The Labute approximate surface area is 110 Å². The Morgan fingerprint density at radius 3 is 2.84 bits per heavy atom. The van der Waals surface area contributed by atoms with Gasteiger partial charge in [0.25, 0.3) is 0 Å². The standard InChI is InChI=1S/C12H17N3O4/c1-19-11-7-6-9(15(17)18)12(14-11)13-8-4-2-3-5-10(8)16/h6-8,10,16H,2-5H2,1H3,(H,13,14)/t8-,10-/m0/s1. The number of nitrogens with zero attached hydrogens (tertiary/aromatic N) is 2. The molecule has 1 aliphatic carbocycles. The van der Waals surface area contributed by atoms with Crippen molar-refractivity contribution in [3.05, 3.63) is 22.2 Å². The number of anilines is 1. The van der Waals surface area contributed by atoms with Crippen LogP contribution < -0.4 is 10.1 Å². The van der Waals surface area contributed by atoms with E-state index in [4.69, 9.17) is 4.74 Å². The van der Waals surface area contributed by atoms with Crippen LogP contribution >= 0.6 is 0 Å². The van der Waals surface area contributed by atoms with Crippen LogP contribution in [-0.4, -0.2) is 34.3 Å². The lowest BCUT2D eigenvalue weighted by Crippen LogP contribution is -2.36. The average molecular weight is 267 g/mol. The number of rotatable bonds is 4. The number of hydrogen-bond donors (Lipinski definition) is 2. The zero-order valence-corrected chi connectivity index (χ0v) is 10.7. The van der Waals surface area contributed by atoms with Gasteiger partial charge in [0.05, 0.1) is 24.2 Å². The fourth-order valence-corrected chi connectivity index (χ4v) is 2.26. The van der Waals surface area contributed by atoms with Gasteiger partial charge < -0.3 is 15.2 Å². The van der Waals surface area contributed by atoms with Crippen LogP contribution in [0.1, 0.15) is 25.7 Å². The van der Waals surface area contributed by atoms with E-state index >= 15 is 0 Å². The molecule has 0 aliphatic heterocycles. The van der Waals surface area contributed by atoms with E-state index in [2.05, 4.69) is 10.3 Å². The number of aliphatic hydroxyl groups excluding tert-OH is 1. The zero-order chi connectivity index (χ0) is 13.8. The number of nitro groups is 1. The van der Waals surface area contributed by atoms with Gasteiger partial charge in [0, 0.05) is 12.1 Å². The summed E-state index contributed by atoms with van der Waals surface area (Å²) in [5.41, 5.74) is -0.112. The maximum Gasteiger partial charge on any atom is 0.311 e. The number of hydrogen-bond acceptors (Lipinski definition) is 6. The predicted molar refractivity (Wildman–Crippen MR) is 69.3 cm³/mol. The van der Waals surface area contributed by atoms with Gasteiger partial charge in [-0.1, -0.05) is 12.8 Å². The predicted octanol–water partition coefficient (Wildman–Crippen LogP) is 1.71. The summed E-state index contributed by atoms with van der Waals surface area (Å²) in [4.78, 5) is 14.5. The topological polar surface area (TPSA) is 97.5 Å². The first-order valence-electron chi connectivity index (χ1n) is 6.26. The molecule has 0 amide bonds. The molecule has 19 heavy (non-hydrogen) atoms. The molecule has 2 rings (SSSR count). The Morgan fingerprint density at radius 2 is 2.21 bits per heavy atom. The van der Waals surface area contributed by atoms with E-state index < -0.39 is 11.0 Å². The summed E-state index contributed by atoms with van der Waals surface area (Å²) in [6.07, 6.45) is 2.95. The van der Waals surface area contributed by atoms with Crippen molar-refractivity contribution < 1.29 is 14.8 Å². The van der Waals surface area contributed by atoms with Crippen LogP contribution in [0.3, 0.4) is 0 Å². The molecular formula is C12H17N3O4. The van der Waals surface area contributed by atoms with Gasteiger partial charge in [0.2, 0.25) is 11.7 Å². The lowest BCUT2D eigenvalue weighted by Gasteiger charge is -2.28. The molecular weight excluding hydrogens is 250 g/mol. The highest BCUT2D eigenvalue weighted by Crippen LogP contribution is 2.28. The van der Waals surface area contributed by atoms with Gasteiger partial charge in [-0.2, -0.15) is 4.98 Å². The second kappa shape index (κ2) is 5.83. The zero-order valence-electron chi connectivity index (χ0n) is 10.7. The van der Waals surface area contributed by atoms with E-state index in [0.717, 1.165) is 19.3 Å². The first-order valence-corrected chi connectivity index (χ1v) is 6.26. The summed E-state index contributed by atoms with van der Waals surface area (Å²) in [6.45, 7) is 0.